The summed E-state index contributed by atoms with van der Waals surface area (Å²) in [6.45, 7) is 2.00. The maximum Gasteiger partial charge on any atom is 0.0627 e. The average Bonchev–Trinajstić information content (AvgIpc) is 1.94. The van der Waals surface area contributed by atoms with Crippen molar-refractivity contribution in [1.82, 2.24) is 0 Å². The predicted molar refractivity (Wildman–Crippen MR) is 47.9 cm³/mol. The largest absolute Gasteiger partial charge is 0.297 e. The van der Waals surface area contributed by atoms with Crippen LogP contribution in [0.5, 0.6) is 0 Å². The number of halogens is 1. The molecule has 0 aliphatic carbocycles. The van der Waals surface area contributed by atoms with Crippen molar-refractivity contribution in [3.8, 4) is 0 Å². The van der Waals surface area contributed by atoms with Crippen molar-refractivity contribution in [2.75, 3.05) is 4.84 Å². The van der Waals surface area contributed by atoms with Gasteiger partial charge >= 0.3 is 0 Å². The Morgan fingerprint density at radius 1 is 1.50 bits per heavy atom. The van der Waals surface area contributed by atoms with Gasteiger partial charge in [0, 0.05) is 16.7 Å². The predicted octanol–water partition coefficient (Wildman–Crippen LogP) is 2.85. The van der Waals surface area contributed by atoms with Gasteiger partial charge in [-0.05, 0) is 24.6 Å². The first-order valence-electron chi connectivity index (χ1n) is 2.90. The standard InChI is InChI=1S/C7H8ClNS/c1-5-2-3-7(10)6(4-5)9-8/h2-4,9-10H,1H3. The van der Waals surface area contributed by atoms with Gasteiger partial charge in [0.25, 0.3) is 0 Å². The van der Waals surface area contributed by atoms with Crippen LogP contribution in [0.25, 0.3) is 0 Å². The lowest BCUT2D eigenvalue weighted by molar-refractivity contribution is 1.39. The third-order valence-electron chi connectivity index (χ3n) is 1.25. The van der Waals surface area contributed by atoms with Gasteiger partial charge in [0.05, 0.1) is 5.69 Å². The van der Waals surface area contributed by atoms with E-state index in [4.69, 9.17) is 11.8 Å². The summed E-state index contributed by atoms with van der Waals surface area (Å²) < 4.78 is 0. The van der Waals surface area contributed by atoms with E-state index in [1.54, 1.807) is 0 Å². The second kappa shape index (κ2) is 3.17. The number of anilines is 1. The van der Waals surface area contributed by atoms with Crippen molar-refractivity contribution in [3.63, 3.8) is 0 Å². The first-order valence-corrected chi connectivity index (χ1v) is 3.73. The highest BCUT2D eigenvalue weighted by molar-refractivity contribution is 7.80. The molecule has 1 aromatic rings. The molecule has 0 aliphatic heterocycles. The third-order valence-corrected chi connectivity index (χ3v) is 1.85. The summed E-state index contributed by atoms with van der Waals surface area (Å²) in [5, 5.41) is 0. The topological polar surface area (TPSA) is 12.0 Å². The zero-order chi connectivity index (χ0) is 7.56. The zero-order valence-corrected chi connectivity index (χ0v) is 7.21. The Hall–Kier alpha value is -0.340. The monoisotopic (exact) mass is 173 g/mol. The van der Waals surface area contributed by atoms with E-state index in [9.17, 15) is 0 Å². The van der Waals surface area contributed by atoms with Gasteiger partial charge in [0.15, 0.2) is 0 Å². The van der Waals surface area contributed by atoms with Gasteiger partial charge in [-0.2, -0.15) is 0 Å². The number of hydrogen-bond acceptors (Lipinski definition) is 2. The lowest BCUT2D eigenvalue weighted by Gasteiger charge is -2.01. The van der Waals surface area contributed by atoms with Crippen LogP contribution in [0.3, 0.4) is 0 Å². The second-order valence-electron chi connectivity index (χ2n) is 2.12. The van der Waals surface area contributed by atoms with Gasteiger partial charge in [0.2, 0.25) is 0 Å². The van der Waals surface area contributed by atoms with E-state index in [2.05, 4.69) is 17.5 Å². The van der Waals surface area contributed by atoms with Crippen molar-refractivity contribution >= 4 is 30.1 Å². The molecule has 54 valence electrons. The van der Waals surface area contributed by atoms with Crippen LogP contribution < -0.4 is 4.84 Å². The van der Waals surface area contributed by atoms with Crippen LogP contribution in [0.4, 0.5) is 5.69 Å². The average molecular weight is 174 g/mol. The maximum atomic E-state index is 5.41. The van der Waals surface area contributed by atoms with Gasteiger partial charge < -0.3 is 0 Å². The fourth-order valence-electron chi connectivity index (χ4n) is 0.726. The first kappa shape index (κ1) is 7.76. The van der Waals surface area contributed by atoms with Crippen molar-refractivity contribution in [3.05, 3.63) is 23.8 Å². The number of thiol groups is 1. The lowest BCUT2D eigenvalue weighted by Crippen LogP contribution is -1.82. The molecule has 0 atom stereocenters. The fourth-order valence-corrected chi connectivity index (χ4v) is 1.14. The van der Waals surface area contributed by atoms with Crippen molar-refractivity contribution in [1.29, 1.82) is 0 Å². The molecule has 1 aromatic carbocycles. The molecule has 0 saturated heterocycles. The summed E-state index contributed by atoms with van der Waals surface area (Å²) >= 11 is 9.58. The molecule has 0 aliphatic rings. The molecule has 0 bridgehead atoms. The van der Waals surface area contributed by atoms with Crippen LogP contribution in [-0.4, -0.2) is 0 Å². The van der Waals surface area contributed by atoms with Gasteiger partial charge in [-0.1, -0.05) is 6.07 Å². The van der Waals surface area contributed by atoms with E-state index in [1.807, 2.05) is 25.1 Å². The SMILES string of the molecule is Cc1ccc(S)c(NCl)c1. The zero-order valence-electron chi connectivity index (χ0n) is 5.56. The smallest absolute Gasteiger partial charge is 0.0627 e. The maximum absolute atomic E-state index is 5.41. The molecule has 0 spiro atoms. The van der Waals surface area contributed by atoms with Crippen molar-refractivity contribution < 1.29 is 0 Å². The second-order valence-corrected chi connectivity index (χ2v) is 2.79. The molecule has 0 heterocycles. The highest BCUT2D eigenvalue weighted by atomic mass is 35.5. The number of benzene rings is 1. The molecule has 0 radical (unpaired) electrons. The van der Waals surface area contributed by atoms with Crippen LogP contribution in [0, 0.1) is 6.92 Å². The number of rotatable bonds is 1. The van der Waals surface area contributed by atoms with E-state index in [-0.39, 0.29) is 0 Å². The number of aryl methyl sites for hydroxylation is 1. The van der Waals surface area contributed by atoms with Crippen LogP contribution in [-0.2, 0) is 0 Å². The summed E-state index contributed by atoms with van der Waals surface area (Å²) in [4.78, 5) is 3.39. The molecular formula is C7H8ClNS. The highest BCUT2D eigenvalue weighted by Gasteiger charge is 1.94. The Morgan fingerprint density at radius 3 is 2.70 bits per heavy atom. The minimum Gasteiger partial charge on any atom is -0.297 e. The minimum absolute atomic E-state index is 0.852. The minimum atomic E-state index is 0.852. The molecule has 1 N–H and O–H groups in total. The molecule has 3 heteroatoms. The highest BCUT2D eigenvalue weighted by Crippen LogP contribution is 2.21. The van der Waals surface area contributed by atoms with Crippen LogP contribution >= 0.6 is 24.4 Å². The molecule has 0 amide bonds. The molecular weight excluding hydrogens is 166 g/mol. The number of nitrogens with one attached hydrogen (secondary N) is 1. The summed E-state index contributed by atoms with van der Waals surface area (Å²) in [6, 6.07) is 5.83. The van der Waals surface area contributed by atoms with E-state index in [0.717, 1.165) is 10.6 Å². The molecule has 1 rings (SSSR count). The Bertz CT molecular complexity index is 237. The Labute approximate surface area is 70.9 Å². The molecule has 1 nitrogen and oxygen atoms in total. The van der Waals surface area contributed by atoms with Gasteiger partial charge in [-0.15, -0.1) is 12.6 Å². The molecule has 0 saturated carbocycles. The van der Waals surface area contributed by atoms with Crippen LogP contribution in [0.15, 0.2) is 23.1 Å². The summed E-state index contributed by atoms with van der Waals surface area (Å²) in [7, 11) is 0. The molecule has 0 fully saturated rings. The Kier molecular flexibility index (Phi) is 2.46. The van der Waals surface area contributed by atoms with E-state index >= 15 is 0 Å². The van der Waals surface area contributed by atoms with Crippen LogP contribution in [0.2, 0.25) is 0 Å². The van der Waals surface area contributed by atoms with E-state index in [0.29, 0.717) is 0 Å². The Balaban J connectivity index is 3.09. The van der Waals surface area contributed by atoms with Crippen LogP contribution in [0.1, 0.15) is 5.56 Å². The number of hydrogen-bond donors (Lipinski definition) is 2. The van der Waals surface area contributed by atoms with Gasteiger partial charge in [0.1, 0.15) is 0 Å². The fraction of sp³-hybridized carbons (Fsp3) is 0.143. The third kappa shape index (κ3) is 1.58. The normalized spacial score (nSPS) is 9.50. The van der Waals surface area contributed by atoms with Crippen molar-refractivity contribution in [2.24, 2.45) is 0 Å². The van der Waals surface area contributed by atoms with Crippen molar-refractivity contribution in [2.45, 2.75) is 11.8 Å². The molecule has 10 heavy (non-hydrogen) atoms. The van der Waals surface area contributed by atoms with E-state index in [1.165, 1.54) is 5.56 Å². The Morgan fingerprint density at radius 2 is 2.20 bits per heavy atom. The van der Waals surface area contributed by atoms with Gasteiger partial charge in [-0.25, -0.2) is 0 Å². The summed E-state index contributed by atoms with van der Waals surface area (Å²) in [5.41, 5.74) is 2.02. The molecule has 0 unspecified atom stereocenters. The molecule has 0 aromatic heterocycles. The summed E-state index contributed by atoms with van der Waals surface area (Å²) in [6.07, 6.45) is 0. The van der Waals surface area contributed by atoms with Gasteiger partial charge in [-0.3, -0.25) is 4.84 Å². The quantitative estimate of drug-likeness (QED) is 0.492. The summed E-state index contributed by atoms with van der Waals surface area (Å²) in [5.74, 6) is 0. The lowest BCUT2D eigenvalue weighted by atomic mass is 10.2. The van der Waals surface area contributed by atoms with E-state index < -0.39 is 0 Å². The first-order chi connectivity index (χ1) is 4.74.